The summed E-state index contributed by atoms with van der Waals surface area (Å²) in [5.74, 6) is 2.95. The van der Waals surface area contributed by atoms with E-state index in [0.29, 0.717) is 4.60 Å². The number of carbonyl (C=O) groups excluding carboxylic acids is 2. The van der Waals surface area contributed by atoms with Gasteiger partial charge in [-0.3, -0.25) is 0 Å². The van der Waals surface area contributed by atoms with Crippen LogP contribution in [0.3, 0.4) is 0 Å². The summed E-state index contributed by atoms with van der Waals surface area (Å²) >= 11 is 3.27. The summed E-state index contributed by atoms with van der Waals surface area (Å²) in [5, 5.41) is 0. The standard InChI is InChI=1S/C21H30BrN3O4Si/c1-10-12-30(8,9)13-11-15-17(23-14-16(22)24-15)25(18(26)28-20(2,3)4)19(27)29-21(5,6)7/h10,14H,1,12H2,2-9H3. The van der Waals surface area contributed by atoms with Crippen molar-refractivity contribution < 1.29 is 19.1 Å². The van der Waals surface area contributed by atoms with Gasteiger partial charge in [-0.1, -0.05) is 25.1 Å². The third kappa shape index (κ3) is 8.67. The van der Waals surface area contributed by atoms with E-state index in [0.717, 1.165) is 10.9 Å². The van der Waals surface area contributed by atoms with Crippen molar-refractivity contribution in [2.75, 3.05) is 4.90 Å². The Kier molecular flexibility index (Phi) is 8.40. The lowest BCUT2D eigenvalue weighted by atomic mass is 10.2. The van der Waals surface area contributed by atoms with Crippen LogP contribution < -0.4 is 4.90 Å². The Balaban J connectivity index is 3.56. The molecule has 30 heavy (non-hydrogen) atoms. The zero-order valence-electron chi connectivity index (χ0n) is 18.9. The van der Waals surface area contributed by atoms with Crippen LogP contribution in [0.25, 0.3) is 0 Å². The molecule has 0 aliphatic rings. The third-order valence-electron chi connectivity index (χ3n) is 3.26. The van der Waals surface area contributed by atoms with Crippen molar-refractivity contribution in [1.29, 1.82) is 0 Å². The predicted molar refractivity (Wildman–Crippen MR) is 124 cm³/mol. The molecule has 0 radical (unpaired) electrons. The lowest BCUT2D eigenvalue weighted by Gasteiger charge is -2.28. The van der Waals surface area contributed by atoms with Crippen LogP contribution in [0.5, 0.6) is 0 Å². The van der Waals surface area contributed by atoms with Crippen molar-refractivity contribution in [3.63, 3.8) is 0 Å². The molecule has 0 atom stereocenters. The van der Waals surface area contributed by atoms with Crippen molar-refractivity contribution in [1.82, 2.24) is 9.97 Å². The first kappa shape index (κ1) is 25.9. The quantitative estimate of drug-likeness (QED) is 0.303. The van der Waals surface area contributed by atoms with Gasteiger partial charge in [0, 0.05) is 0 Å². The molecule has 0 spiro atoms. The lowest BCUT2D eigenvalue weighted by molar-refractivity contribution is 0.0428. The Morgan fingerprint density at radius 2 is 1.67 bits per heavy atom. The molecule has 0 N–H and O–H groups in total. The number of hydrogen-bond acceptors (Lipinski definition) is 6. The van der Waals surface area contributed by atoms with Gasteiger partial charge in [-0.05, 0) is 63.5 Å². The number of halogens is 1. The number of nitrogens with zero attached hydrogens (tertiary/aromatic N) is 3. The zero-order chi connectivity index (χ0) is 23.3. The molecule has 9 heteroatoms. The van der Waals surface area contributed by atoms with Gasteiger partial charge in [0.05, 0.1) is 6.20 Å². The van der Waals surface area contributed by atoms with Crippen LogP contribution in [0.1, 0.15) is 47.2 Å². The molecular formula is C21H30BrN3O4Si. The Morgan fingerprint density at radius 1 is 1.17 bits per heavy atom. The van der Waals surface area contributed by atoms with E-state index in [2.05, 4.69) is 57.0 Å². The molecule has 0 aliphatic carbocycles. The number of anilines is 1. The monoisotopic (exact) mass is 495 g/mol. The molecule has 0 bridgehead atoms. The van der Waals surface area contributed by atoms with Crippen molar-refractivity contribution in [2.45, 2.75) is 71.9 Å². The van der Waals surface area contributed by atoms with Crippen molar-refractivity contribution in [2.24, 2.45) is 0 Å². The number of allylic oxidation sites excluding steroid dienone is 1. The van der Waals surface area contributed by atoms with E-state index in [9.17, 15) is 9.59 Å². The second-order valence-electron chi connectivity index (χ2n) is 9.29. The second kappa shape index (κ2) is 9.75. The highest BCUT2D eigenvalue weighted by Crippen LogP contribution is 2.23. The van der Waals surface area contributed by atoms with Crippen LogP contribution in [0.4, 0.5) is 15.4 Å². The number of amides is 2. The number of hydrogen-bond donors (Lipinski definition) is 0. The first-order valence-corrected chi connectivity index (χ1v) is 13.5. The zero-order valence-corrected chi connectivity index (χ0v) is 21.5. The highest BCUT2D eigenvalue weighted by molar-refractivity contribution is 9.10. The van der Waals surface area contributed by atoms with Gasteiger partial charge in [-0.25, -0.2) is 19.6 Å². The van der Waals surface area contributed by atoms with Gasteiger partial charge in [0.15, 0.2) is 11.5 Å². The summed E-state index contributed by atoms with van der Waals surface area (Å²) in [6.07, 6.45) is 1.38. The highest BCUT2D eigenvalue weighted by Gasteiger charge is 2.35. The fourth-order valence-electron chi connectivity index (χ4n) is 2.11. The van der Waals surface area contributed by atoms with Gasteiger partial charge in [-0.15, -0.1) is 12.1 Å². The number of imide groups is 1. The number of ether oxygens (including phenoxy) is 2. The largest absolute Gasteiger partial charge is 0.443 e. The van der Waals surface area contributed by atoms with Gasteiger partial charge >= 0.3 is 12.2 Å². The van der Waals surface area contributed by atoms with Crippen LogP contribution in [0.2, 0.25) is 19.1 Å². The van der Waals surface area contributed by atoms with Crippen LogP contribution in [-0.2, 0) is 9.47 Å². The second-order valence-corrected chi connectivity index (χ2v) is 14.5. The maximum Gasteiger partial charge on any atom is 0.425 e. The Hall–Kier alpha value is -2.18. The van der Waals surface area contributed by atoms with E-state index in [1.54, 1.807) is 41.5 Å². The van der Waals surface area contributed by atoms with Crippen molar-refractivity contribution in [3.05, 3.63) is 29.1 Å². The molecule has 1 rings (SSSR count). The molecule has 1 aromatic rings. The molecule has 1 heterocycles. The van der Waals surface area contributed by atoms with E-state index < -0.39 is 31.5 Å². The van der Waals surface area contributed by atoms with Crippen molar-refractivity contribution in [3.8, 4) is 11.5 Å². The van der Waals surface area contributed by atoms with Crippen LogP contribution in [-0.4, -0.2) is 41.4 Å². The molecule has 0 fully saturated rings. The fraction of sp³-hybridized carbons (Fsp3) is 0.524. The molecule has 0 aliphatic heterocycles. The number of carbonyl (C=O) groups is 2. The van der Waals surface area contributed by atoms with Crippen molar-refractivity contribution >= 4 is 42.0 Å². The maximum absolute atomic E-state index is 12.9. The Bertz CT molecular complexity index is 849. The fourth-order valence-corrected chi connectivity index (χ4v) is 3.67. The van der Waals surface area contributed by atoms with Gasteiger partial charge in [0.25, 0.3) is 0 Å². The molecule has 0 aromatic carbocycles. The van der Waals surface area contributed by atoms with Gasteiger partial charge in [0.1, 0.15) is 23.9 Å². The number of rotatable bonds is 3. The first-order valence-electron chi connectivity index (χ1n) is 9.47. The first-order chi connectivity index (χ1) is 13.5. The SMILES string of the molecule is C=CC[Si](C)(C)C#Cc1nc(Br)cnc1N(C(=O)OC(C)(C)C)C(=O)OC(C)(C)C. The molecule has 0 saturated carbocycles. The number of aromatic nitrogens is 2. The van der Waals surface area contributed by atoms with Gasteiger partial charge in [0.2, 0.25) is 0 Å². The van der Waals surface area contributed by atoms with E-state index in [1.165, 1.54) is 6.20 Å². The Labute approximate surface area is 188 Å². The molecule has 164 valence electrons. The van der Waals surface area contributed by atoms with Gasteiger partial charge < -0.3 is 9.47 Å². The maximum atomic E-state index is 12.9. The minimum absolute atomic E-state index is 0.0439. The van der Waals surface area contributed by atoms with Gasteiger partial charge in [-0.2, -0.15) is 4.90 Å². The average molecular weight is 496 g/mol. The molecule has 2 amide bonds. The lowest BCUT2D eigenvalue weighted by Crippen LogP contribution is -2.44. The Morgan fingerprint density at radius 3 is 2.10 bits per heavy atom. The van der Waals surface area contributed by atoms with Crippen LogP contribution >= 0.6 is 15.9 Å². The summed E-state index contributed by atoms with van der Waals surface area (Å²) in [4.78, 5) is 35.1. The molecular weight excluding hydrogens is 466 g/mol. The summed E-state index contributed by atoms with van der Waals surface area (Å²) in [6.45, 7) is 18.2. The smallest absolute Gasteiger partial charge is 0.425 e. The van der Waals surface area contributed by atoms with E-state index >= 15 is 0 Å². The summed E-state index contributed by atoms with van der Waals surface area (Å²) in [5.41, 5.74) is 1.75. The summed E-state index contributed by atoms with van der Waals surface area (Å²) < 4.78 is 11.2. The predicted octanol–water partition coefficient (Wildman–Crippen LogP) is 5.70. The molecule has 0 saturated heterocycles. The molecule has 7 nitrogen and oxygen atoms in total. The topological polar surface area (TPSA) is 81.6 Å². The van der Waals surface area contributed by atoms with E-state index in [-0.39, 0.29) is 11.5 Å². The van der Waals surface area contributed by atoms with E-state index in [1.807, 2.05) is 6.08 Å². The molecule has 0 unspecified atom stereocenters. The summed E-state index contributed by atoms with van der Waals surface area (Å²) in [7, 11) is -1.91. The minimum atomic E-state index is -1.91. The van der Waals surface area contributed by atoms with Crippen LogP contribution in [0, 0.1) is 11.5 Å². The van der Waals surface area contributed by atoms with E-state index in [4.69, 9.17) is 9.47 Å². The molecule has 1 aromatic heterocycles. The highest BCUT2D eigenvalue weighted by atomic mass is 79.9. The summed E-state index contributed by atoms with van der Waals surface area (Å²) in [6, 6.07) is 0.790. The average Bonchev–Trinajstić information content (AvgIpc) is 2.51. The van der Waals surface area contributed by atoms with Crippen LogP contribution in [0.15, 0.2) is 23.5 Å². The third-order valence-corrected chi connectivity index (χ3v) is 5.75. The normalized spacial score (nSPS) is 11.8. The minimum Gasteiger partial charge on any atom is -0.443 e.